The number of quaternary nitrogens is 1. The van der Waals surface area contributed by atoms with Gasteiger partial charge in [-0.25, -0.2) is 5.43 Å². The summed E-state index contributed by atoms with van der Waals surface area (Å²) in [5.74, 6) is 1.14. The highest BCUT2D eigenvalue weighted by atomic mass is 16.5. The number of para-hydroxylation sites is 2. The number of carbonyl (C=O) groups excluding carboxylic acids is 1. The second kappa shape index (κ2) is 10.5. The Kier molecular flexibility index (Phi) is 7.47. The molecule has 154 valence electrons. The van der Waals surface area contributed by atoms with Crippen molar-refractivity contribution in [2.45, 2.75) is 6.42 Å². The number of hydrazone groups is 1. The van der Waals surface area contributed by atoms with Crippen LogP contribution in [0.3, 0.4) is 0 Å². The number of hydrogen-bond acceptors (Lipinski definition) is 5. The summed E-state index contributed by atoms with van der Waals surface area (Å²) in [6.45, 7) is 4.90. The molecular formula is C22H29N4O3+. The number of nitrogens with zero attached hydrogens (tertiary/aromatic N) is 2. The van der Waals surface area contributed by atoms with Crippen LogP contribution in [-0.2, 0) is 4.79 Å². The monoisotopic (exact) mass is 397 g/mol. The summed E-state index contributed by atoms with van der Waals surface area (Å²) in [6, 6.07) is 16.0. The summed E-state index contributed by atoms with van der Waals surface area (Å²) in [5, 5.41) is 4.06. The lowest BCUT2D eigenvalue weighted by Crippen LogP contribution is -3.15. The van der Waals surface area contributed by atoms with Crippen molar-refractivity contribution in [3.8, 4) is 11.5 Å². The van der Waals surface area contributed by atoms with Gasteiger partial charge in [-0.3, -0.25) is 4.79 Å². The van der Waals surface area contributed by atoms with Crippen LogP contribution >= 0.6 is 0 Å². The molecule has 1 amide bonds. The summed E-state index contributed by atoms with van der Waals surface area (Å²) in [4.78, 5) is 16.0. The molecule has 7 heteroatoms. The van der Waals surface area contributed by atoms with E-state index in [-0.39, 0.29) is 5.91 Å². The van der Waals surface area contributed by atoms with Crippen molar-refractivity contribution in [1.82, 2.24) is 5.43 Å². The molecule has 2 N–H and O–H groups in total. The molecule has 1 heterocycles. The first-order valence-corrected chi connectivity index (χ1v) is 9.87. The first-order valence-electron chi connectivity index (χ1n) is 9.87. The molecule has 0 radical (unpaired) electrons. The third-order valence-corrected chi connectivity index (χ3v) is 5.12. The van der Waals surface area contributed by atoms with E-state index in [1.54, 1.807) is 20.4 Å². The number of carbonyl (C=O) groups is 1. The Morgan fingerprint density at radius 3 is 2.55 bits per heavy atom. The summed E-state index contributed by atoms with van der Waals surface area (Å²) in [6.07, 6.45) is 2.03. The fourth-order valence-electron chi connectivity index (χ4n) is 3.50. The number of benzene rings is 2. The van der Waals surface area contributed by atoms with E-state index in [0.717, 1.165) is 38.3 Å². The summed E-state index contributed by atoms with van der Waals surface area (Å²) < 4.78 is 10.6. The molecule has 1 fully saturated rings. The molecule has 0 aromatic heterocycles. The van der Waals surface area contributed by atoms with Gasteiger partial charge in [-0.1, -0.05) is 24.3 Å². The third-order valence-electron chi connectivity index (χ3n) is 5.12. The van der Waals surface area contributed by atoms with Crippen LogP contribution < -0.4 is 24.7 Å². The number of rotatable bonds is 8. The molecule has 2 aromatic rings. The van der Waals surface area contributed by atoms with E-state index in [9.17, 15) is 4.79 Å². The Hall–Kier alpha value is -3.06. The highest BCUT2D eigenvalue weighted by Crippen LogP contribution is 2.29. The van der Waals surface area contributed by atoms with Crippen LogP contribution in [0.4, 0.5) is 5.69 Å². The molecular weight excluding hydrogens is 368 g/mol. The molecule has 29 heavy (non-hydrogen) atoms. The SMILES string of the molecule is COc1cccc(/C=N\NC(=O)CC[NH+]2CCN(c3ccccc3)CC2)c1OC. The lowest BCUT2D eigenvalue weighted by molar-refractivity contribution is -0.900. The van der Waals surface area contributed by atoms with Crippen LogP contribution in [0.1, 0.15) is 12.0 Å². The van der Waals surface area contributed by atoms with E-state index in [0.29, 0.717) is 17.9 Å². The lowest BCUT2D eigenvalue weighted by atomic mass is 10.2. The van der Waals surface area contributed by atoms with Crippen LogP contribution in [0.15, 0.2) is 53.6 Å². The van der Waals surface area contributed by atoms with Crippen molar-refractivity contribution in [2.75, 3.05) is 51.8 Å². The number of nitrogens with one attached hydrogen (secondary N) is 2. The maximum Gasteiger partial charge on any atom is 0.245 e. The van der Waals surface area contributed by atoms with E-state index in [1.807, 2.05) is 24.3 Å². The third kappa shape index (κ3) is 5.71. The zero-order chi connectivity index (χ0) is 20.5. The topological polar surface area (TPSA) is 67.6 Å². The second-order valence-corrected chi connectivity index (χ2v) is 6.95. The first-order chi connectivity index (χ1) is 14.2. The normalized spacial score (nSPS) is 14.8. The predicted molar refractivity (Wildman–Crippen MR) is 114 cm³/mol. The largest absolute Gasteiger partial charge is 0.493 e. The number of ether oxygens (including phenoxy) is 2. The van der Waals surface area contributed by atoms with Gasteiger partial charge in [0.05, 0.1) is 59.6 Å². The van der Waals surface area contributed by atoms with E-state index in [2.05, 4.69) is 39.7 Å². The van der Waals surface area contributed by atoms with Crippen LogP contribution in [0, 0.1) is 0 Å². The molecule has 0 saturated carbocycles. The highest BCUT2D eigenvalue weighted by molar-refractivity contribution is 5.86. The Morgan fingerprint density at radius 2 is 1.86 bits per heavy atom. The number of anilines is 1. The van der Waals surface area contributed by atoms with Crippen molar-refractivity contribution in [3.05, 3.63) is 54.1 Å². The number of amides is 1. The van der Waals surface area contributed by atoms with Crippen LogP contribution in [0.2, 0.25) is 0 Å². The van der Waals surface area contributed by atoms with E-state index < -0.39 is 0 Å². The van der Waals surface area contributed by atoms with Crippen molar-refractivity contribution >= 4 is 17.8 Å². The van der Waals surface area contributed by atoms with Gasteiger partial charge < -0.3 is 19.3 Å². The minimum absolute atomic E-state index is 0.0823. The van der Waals surface area contributed by atoms with Crippen LogP contribution in [-0.4, -0.2) is 59.1 Å². The standard InChI is InChI=1S/C22H28N4O3/c1-28-20-10-6-7-18(22(20)29-2)17-23-24-21(27)11-12-25-13-15-26(16-14-25)19-8-4-3-5-9-19/h3-10,17H,11-16H2,1-2H3,(H,24,27)/p+1/b23-17-. The van der Waals surface area contributed by atoms with Gasteiger partial charge >= 0.3 is 0 Å². The molecule has 1 aliphatic rings. The molecule has 0 unspecified atom stereocenters. The fourth-order valence-corrected chi connectivity index (χ4v) is 3.50. The van der Waals surface area contributed by atoms with Crippen molar-refractivity contribution < 1.29 is 19.2 Å². The Morgan fingerprint density at radius 1 is 1.10 bits per heavy atom. The lowest BCUT2D eigenvalue weighted by Gasteiger charge is -2.33. The van der Waals surface area contributed by atoms with Gasteiger partial charge in [0, 0.05) is 11.3 Å². The number of methoxy groups -OCH3 is 2. The maximum absolute atomic E-state index is 12.1. The molecule has 2 aromatic carbocycles. The molecule has 0 bridgehead atoms. The predicted octanol–water partition coefficient (Wildman–Crippen LogP) is 0.949. The van der Waals surface area contributed by atoms with E-state index in [1.165, 1.54) is 10.6 Å². The van der Waals surface area contributed by atoms with Gasteiger partial charge in [-0.2, -0.15) is 5.10 Å². The minimum atomic E-state index is -0.0823. The van der Waals surface area contributed by atoms with E-state index in [4.69, 9.17) is 9.47 Å². The summed E-state index contributed by atoms with van der Waals surface area (Å²) >= 11 is 0. The average molecular weight is 397 g/mol. The molecule has 1 saturated heterocycles. The Bertz CT molecular complexity index is 818. The number of hydrogen-bond donors (Lipinski definition) is 2. The van der Waals surface area contributed by atoms with Crippen molar-refractivity contribution in [2.24, 2.45) is 5.10 Å². The summed E-state index contributed by atoms with van der Waals surface area (Å²) in [5.41, 5.74) is 4.62. The molecule has 0 atom stereocenters. The molecule has 7 nitrogen and oxygen atoms in total. The molecule has 0 spiro atoms. The minimum Gasteiger partial charge on any atom is -0.493 e. The number of piperazine rings is 1. The molecule has 3 rings (SSSR count). The summed E-state index contributed by atoms with van der Waals surface area (Å²) in [7, 11) is 3.16. The zero-order valence-corrected chi connectivity index (χ0v) is 17.1. The fraction of sp³-hybridized carbons (Fsp3) is 0.364. The quantitative estimate of drug-likeness (QED) is 0.514. The second-order valence-electron chi connectivity index (χ2n) is 6.95. The van der Waals surface area contributed by atoms with Crippen molar-refractivity contribution in [3.63, 3.8) is 0 Å². The van der Waals surface area contributed by atoms with Gasteiger partial charge in [0.2, 0.25) is 5.91 Å². The Balaban J connectivity index is 1.41. The van der Waals surface area contributed by atoms with Gasteiger partial charge in [0.25, 0.3) is 0 Å². The average Bonchev–Trinajstić information content (AvgIpc) is 2.78. The smallest absolute Gasteiger partial charge is 0.245 e. The zero-order valence-electron chi connectivity index (χ0n) is 17.1. The van der Waals surface area contributed by atoms with Crippen LogP contribution in [0.5, 0.6) is 11.5 Å². The van der Waals surface area contributed by atoms with Crippen molar-refractivity contribution in [1.29, 1.82) is 0 Å². The van der Waals surface area contributed by atoms with Gasteiger partial charge in [0.15, 0.2) is 11.5 Å². The molecule has 1 aliphatic heterocycles. The van der Waals surface area contributed by atoms with Gasteiger partial charge in [-0.05, 0) is 24.3 Å². The maximum atomic E-state index is 12.1. The van der Waals surface area contributed by atoms with Gasteiger partial charge in [-0.15, -0.1) is 0 Å². The van der Waals surface area contributed by atoms with Gasteiger partial charge in [0.1, 0.15) is 0 Å². The Labute approximate surface area is 171 Å². The van der Waals surface area contributed by atoms with E-state index >= 15 is 0 Å². The van der Waals surface area contributed by atoms with Crippen LogP contribution in [0.25, 0.3) is 0 Å². The molecule has 0 aliphatic carbocycles. The first kappa shape index (κ1) is 20.7. The highest BCUT2D eigenvalue weighted by Gasteiger charge is 2.20.